The molecule has 0 bridgehead atoms. The number of hydrogen-bond acceptors (Lipinski definition) is 2. The molecule has 0 fully saturated rings. The molecule has 1 rings (SSSR count). The topological polar surface area (TPSA) is 18.5 Å². The third-order valence-corrected chi connectivity index (χ3v) is 3.17. The number of para-hydroxylation sites is 1. The molecule has 102 valence electrons. The normalized spacial score (nSPS) is 13.9. The molecule has 1 aromatic rings. The Kier molecular flexibility index (Phi) is 5.94. The predicted octanol–water partition coefficient (Wildman–Crippen LogP) is 4.46. The fourth-order valence-electron chi connectivity index (χ4n) is 1.78. The summed E-state index contributed by atoms with van der Waals surface area (Å²) >= 11 is 0. The lowest BCUT2D eigenvalue weighted by atomic mass is 9.97. The van der Waals surface area contributed by atoms with Gasteiger partial charge >= 0.3 is 0 Å². The summed E-state index contributed by atoms with van der Waals surface area (Å²) in [4.78, 5) is 0. The monoisotopic (exact) mass is 258 g/mol. The molecule has 1 aromatic carbocycles. The molecule has 0 spiro atoms. The molecular weight excluding hydrogens is 236 g/mol. The SMILES string of the molecule is C=CC(/C=C\C(C)=C(/C)OC)c1ccccc1OC. The zero-order valence-corrected chi connectivity index (χ0v) is 12.1. The van der Waals surface area contributed by atoms with Gasteiger partial charge in [0.2, 0.25) is 0 Å². The molecule has 2 nitrogen and oxygen atoms in total. The zero-order valence-electron chi connectivity index (χ0n) is 12.1. The van der Waals surface area contributed by atoms with E-state index in [1.165, 1.54) is 0 Å². The van der Waals surface area contributed by atoms with Gasteiger partial charge in [0.25, 0.3) is 0 Å². The minimum atomic E-state index is 0.121. The van der Waals surface area contributed by atoms with Crippen LogP contribution in [0.4, 0.5) is 0 Å². The standard InChI is InChI=1S/C17H22O2/c1-6-15(12-11-13(2)14(3)18-4)16-9-7-8-10-17(16)19-5/h6-12,15H,1H2,2-5H3/b12-11-,14-13+. The number of hydrogen-bond donors (Lipinski definition) is 0. The number of ether oxygens (including phenoxy) is 2. The Morgan fingerprint density at radius 3 is 2.47 bits per heavy atom. The Hall–Kier alpha value is -1.96. The number of allylic oxidation sites excluding steroid dienone is 5. The van der Waals surface area contributed by atoms with Crippen molar-refractivity contribution in [1.29, 1.82) is 0 Å². The summed E-state index contributed by atoms with van der Waals surface area (Å²) < 4.78 is 10.6. The van der Waals surface area contributed by atoms with Crippen LogP contribution in [-0.4, -0.2) is 14.2 Å². The van der Waals surface area contributed by atoms with Gasteiger partial charge in [0.05, 0.1) is 20.0 Å². The maximum absolute atomic E-state index is 5.39. The summed E-state index contributed by atoms with van der Waals surface area (Å²) in [5.74, 6) is 1.91. The van der Waals surface area contributed by atoms with E-state index in [4.69, 9.17) is 9.47 Å². The Balaban J connectivity index is 3.02. The first-order valence-corrected chi connectivity index (χ1v) is 6.29. The lowest BCUT2D eigenvalue weighted by molar-refractivity contribution is 0.290. The molecule has 0 heterocycles. The molecule has 19 heavy (non-hydrogen) atoms. The van der Waals surface area contributed by atoms with Gasteiger partial charge in [-0.3, -0.25) is 0 Å². The lowest BCUT2D eigenvalue weighted by Gasteiger charge is -2.13. The first-order valence-electron chi connectivity index (χ1n) is 6.29. The molecule has 0 saturated heterocycles. The maximum atomic E-state index is 5.39. The van der Waals surface area contributed by atoms with E-state index in [0.29, 0.717) is 0 Å². The Bertz CT molecular complexity index is 484. The predicted molar refractivity (Wildman–Crippen MR) is 80.5 cm³/mol. The van der Waals surface area contributed by atoms with Crippen LogP contribution in [0.5, 0.6) is 5.75 Å². The van der Waals surface area contributed by atoms with E-state index in [-0.39, 0.29) is 5.92 Å². The van der Waals surface area contributed by atoms with Crippen LogP contribution < -0.4 is 4.74 Å². The average molecular weight is 258 g/mol. The molecule has 0 N–H and O–H groups in total. The summed E-state index contributed by atoms with van der Waals surface area (Å²) in [5, 5.41) is 0. The van der Waals surface area contributed by atoms with E-state index in [0.717, 1.165) is 22.6 Å². The van der Waals surface area contributed by atoms with Crippen LogP contribution in [0.3, 0.4) is 0 Å². The highest BCUT2D eigenvalue weighted by Crippen LogP contribution is 2.28. The molecule has 0 radical (unpaired) electrons. The summed E-state index contributed by atoms with van der Waals surface area (Å²) in [5.41, 5.74) is 2.21. The summed E-state index contributed by atoms with van der Waals surface area (Å²) in [6.07, 6.45) is 6.06. The van der Waals surface area contributed by atoms with Crippen molar-refractivity contribution in [2.45, 2.75) is 19.8 Å². The highest BCUT2D eigenvalue weighted by Gasteiger charge is 2.09. The zero-order chi connectivity index (χ0) is 14.3. The van der Waals surface area contributed by atoms with Crippen molar-refractivity contribution in [3.8, 4) is 5.75 Å². The summed E-state index contributed by atoms with van der Waals surface area (Å²) in [7, 11) is 3.36. The Labute approximate surface area is 116 Å². The van der Waals surface area contributed by atoms with Crippen LogP contribution in [0.25, 0.3) is 0 Å². The van der Waals surface area contributed by atoms with Crippen molar-refractivity contribution >= 4 is 0 Å². The van der Waals surface area contributed by atoms with Gasteiger partial charge in [-0.05, 0) is 25.5 Å². The molecule has 2 heteroatoms. The van der Waals surface area contributed by atoms with Crippen LogP contribution in [0.1, 0.15) is 25.3 Å². The number of methoxy groups -OCH3 is 2. The second-order valence-corrected chi connectivity index (χ2v) is 4.31. The third-order valence-electron chi connectivity index (χ3n) is 3.17. The van der Waals surface area contributed by atoms with Crippen LogP contribution in [0.15, 0.2) is 60.4 Å². The van der Waals surface area contributed by atoms with Gasteiger partial charge in [-0.15, -0.1) is 6.58 Å². The smallest absolute Gasteiger partial charge is 0.122 e. The van der Waals surface area contributed by atoms with Gasteiger partial charge in [0.1, 0.15) is 5.75 Å². The van der Waals surface area contributed by atoms with Crippen molar-refractivity contribution in [2.75, 3.05) is 14.2 Å². The largest absolute Gasteiger partial charge is 0.501 e. The Morgan fingerprint density at radius 1 is 1.21 bits per heavy atom. The molecule has 0 saturated carbocycles. The van der Waals surface area contributed by atoms with Gasteiger partial charge in [0.15, 0.2) is 0 Å². The third kappa shape index (κ3) is 4.02. The summed E-state index contributed by atoms with van der Waals surface area (Å²) in [6, 6.07) is 7.98. The fraction of sp³-hybridized carbons (Fsp3) is 0.294. The molecule has 0 aliphatic heterocycles. The molecule has 0 aromatic heterocycles. The molecule has 0 aliphatic carbocycles. The van der Waals surface area contributed by atoms with Gasteiger partial charge in [-0.1, -0.05) is 36.4 Å². The Morgan fingerprint density at radius 2 is 1.89 bits per heavy atom. The van der Waals surface area contributed by atoms with Crippen LogP contribution in [0, 0.1) is 0 Å². The fourth-order valence-corrected chi connectivity index (χ4v) is 1.78. The number of rotatable bonds is 6. The highest BCUT2D eigenvalue weighted by atomic mass is 16.5. The van der Waals surface area contributed by atoms with Crippen LogP contribution in [0.2, 0.25) is 0 Å². The minimum absolute atomic E-state index is 0.121. The van der Waals surface area contributed by atoms with E-state index < -0.39 is 0 Å². The highest BCUT2D eigenvalue weighted by molar-refractivity contribution is 5.41. The van der Waals surface area contributed by atoms with Gasteiger partial charge in [0, 0.05) is 11.5 Å². The molecule has 0 amide bonds. The van der Waals surface area contributed by atoms with E-state index in [1.807, 2.05) is 38.1 Å². The van der Waals surface area contributed by atoms with Crippen LogP contribution >= 0.6 is 0 Å². The van der Waals surface area contributed by atoms with Crippen molar-refractivity contribution < 1.29 is 9.47 Å². The van der Waals surface area contributed by atoms with E-state index in [1.54, 1.807) is 14.2 Å². The van der Waals surface area contributed by atoms with E-state index in [2.05, 4.69) is 24.8 Å². The first kappa shape index (κ1) is 15.1. The molecule has 1 unspecified atom stereocenters. The minimum Gasteiger partial charge on any atom is -0.501 e. The van der Waals surface area contributed by atoms with Crippen molar-refractivity contribution in [3.63, 3.8) is 0 Å². The van der Waals surface area contributed by atoms with Crippen molar-refractivity contribution in [1.82, 2.24) is 0 Å². The van der Waals surface area contributed by atoms with Crippen molar-refractivity contribution in [3.05, 3.63) is 66.0 Å². The maximum Gasteiger partial charge on any atom is 0.122 e. The van der Waals surface area contributed by atoms with Crippen LogP contribution in [-0.2, 0) is 4.74 Å². The molecule has 0 aliphatic rings. The van der Waals surface area contributed by atoms with Gasteiger partial charge in [-0.2, -0.15) is 0 Å². The second kappa shape index (κ2) is 7.47. The quantitative estimate of drug-likeness (QED) is 0.426. The second-order valence-electron chi connectivity index (χ2n) is 4.31. The first-order chi connectivity index (χ1) is 9.13. The van der Waals surface area contributed by atoms with Crippen molar-refractivity contribution in [2.24, 2.45) is 0 Å². The number of benzene rings is 1. The molecular formula is C17H22O2. The van der Waals surface area contributed by atoms with E-state index >= 15 is 0 Å². The summed E-state index contributed by atoms with van der Waals surface area (Å²) in [6.45, 7) is 7.88. The lowest BCUT2D eigenvalue weighted by Crippen LogP contribution is -1.96. The average Bonchev–Trinajstić information content (AvgIpc) is 2.47. The van der Waals surface area contributed by atoms with Gasteiger partial charge < -0.3 is 9.47 Å². The van der Waals surface area contributed by atoms with Gasteiger partial charge in [-0.25, -0.2) is 0 Å². The van der Waals surface area contributed by atoms with E-state index in [9.17, 15) is 0 Å². The molecule has 1 atom stereocenters.